The van der Waals surface area contributed by atoms with Crippen LogP contribution in [0, 0.1) is 11.3 Å². The van der Waals surface area contributed by atoms with E-state index in [0.29, 0.717) is 11.7 Å². The zero-order chi connectivity index (χ0) is 14.1. The molecule has 0 saturated carbocycles. The standard InChI is InChI=1S/C15H31NO/c1-11(2)10-15(9,16-14(6,7)8)12(17)13(3,4)5/h11,16H,10H2,1-9H3/t15-/m1/s1. The highest BCUT2D eigenvalue weighted by atomic mass is 16.1. The first-order valence-corrected chi connectivity index (χ1v) is 6.62. The van der Waals surface area contributed by atoms with Gasteiger partial charge in [0.2, 0.25) is 0 Å². The van der Waals surface area contributed by atoms with Crippen molar-refractivity contribution in [2.45, 2.75) is 79.8 Å². The van der Waals surface area contributed by atoms with Crippen molar-refractivity contribution >= 4 is 5.78 Å². The Morgan fingerprint density at radius 3 is 1.65 bits per heavy atom. The molecule has 1 atom stereocenters. The van der Waals surface area contributed by atoms with Gasteiger partial charge in [-0.1, -0.05) is 34.6 Å². The Morgan fingerprint density at radius 1 is 1.00 bits per heavy atom. The molecule has 17 heavy (non-hydrogen) atoms. The van der Waals surface area contributed by atoms with Crippen LogP contribution in [0.4, 0.5) is 0 Å². The maximum absolute atomic E-state index is 12.6. The van der Waals surface area contributed by atoms with Gasteiger partial charge in [0.05, 0.1) is 5.54 Å². The summed E-state index contributed by atoms with van der Waals surface area (Å²) in [5.74, 6) is 0.801. The van der Waals surface area contributed by atoms with E-state index in [9.17, 15) is 4.79 Å². The number of carbonyl (C=O) groups is 1. The molecule has 0 aliphatic carbocycles. The fourth-order valence-electron chi connectivity index (χ4n) is 2.67. The van der Waals surface area contributed by atoms with E-state index in [0.717, 1.165) is 6.42 Å². The first-order chi connectivity index (χ1) is 7.28. The summed E-state index contributed by atoms with van der Waals surface area (Å²) < 4.78 is 0. The Balaban J connectivity index is 5.18. The summed E-state index contributed by atoms with van der Waals surface area (Å²) in [4.78, 5) is 12.6. The monoisotopic (exact) mass is 241 g/mol. The molecule has 0 amide bonds. The first-order valence-electron chi connectivity index (χ1n) is 6.62. The number of ketones is 1. The SMILES string of the molecule is CC(C)C[C@@](C)(NC(C)(C)C)C(=O)C(C)(C)C. The summed E-state index contributed by atoms with van der Waals surface area (Å²) in [6, 6.07) is 0. The van der Waals surface area contributed by atoms with Crippen LogP contribution in [0.5, 0.6) is 0 Å². The number of carbonyl (C=O) groups excluding carboxylic acids is 1. The number of hydrogen-bond acceptors (Lipinski definition) is 2. The van der Waals surface area contributed by atoms with E-state index >= 15 is 0 Å². The molecule has 0 bridgehead atoms. The molecule has 2 nitrogen and oxygen atoms in total. The number of rotatable bonds is 4. The van der Waals surface area contributed by atoms with E-state index < -0.39 is 5.54 Å². The highest BCUT2D eigenvalue weighted by molar-refractivity contribution is 5.92. The molecule has 0 radical (unpaired) electrons. The van der Waals surface area contributed by atoms with Gasteiger partial charge in [-0.3, -0.25) is 4.79 Å². The minimum atomic E-state index is -0.440. The number of Topliss-reactive ketones (excluding diaryl/α,β-unsaturated/α-hetero) is 1. The topological polar surface area (TPSA) is 29.1 Å². The predicted molar refractivity (Wildman–Crippen MR) is 75.2 cm³/mol. The minimum Gasteiger partial charge on any atom is -0.300 e. The van der Waals surface area contributed by atoms with Gasteiger partial charge in [-0.2, -0.15) is 0 Å². The zero-order valence-corrected chi connectivity index (χ0v) is 13.2. The Labute approximate surface area is 108 Å². The summed E-state index contributed by atoms with van der Waals surface area (Å²) in [5, 5.41) is 3.52. The van der Waals surface area contributed by atoms with Crippen LogP contribution in [0.3, 0.4) is 0 Å². The predicted octanol–water partition coefficient (Wildman–Crippen LogP) is 3.79. The minimum absolute atomic E-state index is 0.0510. The molecule has 0 saturated heterocycles. The molecule has 1 N–H and O–H groups in total. The zero-order valence-electron chi connectivity index (χ0n) is 13.2. The van der Waals surface area contributed by atoms with Gasteiger partial charge in [-0.05, 0) is 40.0 Å². The summed E-state index contributed by atoms with van der Waals surface area (Å²) in [7, 11) is 0. The normalized spacial score (nSPS) is 17.1. The van der Waals surface area contributed by atoms with Crippen molar-refractivity contribution in [2.75, 3.05) is 0 Å². The van der Waals surface area contributed by atoms with Gasteiger partial charge in [0.1, 0.15) is 0 Å². The van der Waals surface area contributed by atoms with Crippen molar-refractivity contribution in [3.05, 3.63) is 0 Å². The van der Waals surface area contributed by atoms with Crippen LogP contribution in [0.2, 0.25) is 0 Å². The van der Waals surface area contributed by atoms with Crippen LogP contribution < -0.4 is 5.32 Å². The van der Waals surface area contributed by atoms with Crippen LogP contribution in [-0.2, 0) is 4.79 Å². The smallest absolute Gasteiger partial charge is 0.157 e. The second-order valence-corrected chi connectivity index (χ2v) is 7.88. The van der Waals surface area contributed by atoms with E-state index in [1.165, 1.54) is 0 Å². The Morgan fingerprint density at radius 2 is 1.41 bits per heavy atom. The fraction of sp³-hybridized carbons (Fsp3) is 0.933. The second-order valence-electron chi connectivity index (χ2n) is 7.88. The molecule has 0 aromatic heterocycles. The van der Waals surface area contributed by atoms with Crippen molar-refractivity contribution in [3.63, 3.8) is 0 Å². The van der Waals surface area contributed by atoms with Crippen molar-refractivity contribution in [2.24, 2.45) is 11.3 Å². The van der Waals surface area contributed by atoms with Crippen LogP contribution in [-0.4, -0.2) is 16.9 Å². The van der Waals surface area contributed by atoms with E-state index in [1.54, 1.807) is 0 Å². The maximum atomic E-state index is 12.6. The molecule has 0 aliphatic heterocycles. The summed E-state index contributed by atoms with van der Waals surface area (Å²) in [6.07, 6.45) is 0.875. The highest BCUT2D eigenvalue weighted by Gasteiger charge is 2.41. The van der Waals surface area contributed by atoms with E-state index in [2.05, 4.69) is 39.9 Å². The quantitative estimate of drug-likeness (QED) is 0.811. The van der Waals surface area contributed by atoms with Gasteiger partial charge in [0.15, 0.2) is 5.78 Å². The molecule has 0 unspecified atom stereocenters. The van der Waals surface area contributed by atoms with Crippen LogP contribution in [0.1, 0.15) is 68.7 Å². The molecule has 2 heteroatoms. The Bertz CT molecular complexity index is 268. The van der Waals surface area contributed by atoms with Gasteiger partial charge in [-0.15, -0.1) is 0 Å². The lowest BCUT2D eigenvalue weighted by molar-refractivity contribution is -0.134. The molecule has 0 fully saturated rings. The van der Waals surface area contributed by atoms with Gasteiger partial charge in [0.25, 0.3) is 0 Å². The lowest BCUT2D eigenvalue weighted by Crippen LogP contribution is -2.60. The molecular formula is C15H31NO. The van der Waals surface area contributed by atoms with Gasteiger partial charge in [-0.25, -0.2) is 0 Å². The van der Waals surface area contributed by atoms with E-state index in [-0.39, 0.29) is 11.0 Å². The third-order valence-corrected chi connectivity index (χ3v) is 2.65. The lowest BCUT2D eigenvalue weighted by atomic mass is 9.74. The van der Waals surface area contributed by atoms with E-state index in [4.69, 9.17) is 0 Å². The molecule has 0 aromatic carbocycles. The van der Waals surface area contributed by atoms with Gasteiger partial charge >= 0.3 is 0 Å². The molecular weight excluding hydrogens is 210 g/mol. The third kappa shape index (κ3) is 5.67. The molecule has 0 spiro atoms. The highest BCUT2D eigenvalue weighted by Crippen LogP contribution is 2.29. The Kier molecular flexibility index (Phi) is 4.98. The molecule has 0 heterocycles. The first kappa shape index (κ1) is 16.6. The molecule has 0 aromatic rings. The van der Waals surface area contributed by atoms with Crippen molar-refractivity contribution in [1.29, 1.82) is 0 Å². The lowest BCUT2D eigenvalue weighted by Gasteiger charge is -2.41. The van der Waals surface area contributed by atoms with Crippen LogP contribution in [0.25, 0.3) is 0 Å². The van der Waals surface area contributed by atoms with Crippen LogP contribution >= 0.6 is 0 Å². The number of hydrogen-bond donors (Lipinski definition) is 1. The van der Waals surface area contributed by atoms with Crippen LogP contribution in [0.15, 0.2) is 0 Å². The van der Waals surface area contributed by atoms with Gasteiger partial charge < -0.3 is 5.32 Å². The second kappa shape index (κ2) is 5.09. The third-order valence-electron chi connectivity index (χ3n) is 2.65. The van der Waals surface area contributed by atoms with Crippen molar-refractivity contribution in [3.8, 4) is 0 Å². The summed E-state index contributed by atoms with van der Waals surface area (Å²) >= 11 is 0. The molecule has 0 rings (SSSR count). The van der Waals surface area contributed by atoms with Crippen molar-refractivity contribution < 1.29 is 4.79 Å². The summed E-state index contributed by atoms with van der Waals surface area (Å²) in [6.45, 7) is 18.7. The molecule has 102 valence electrons. The van der Waals surface area contributed by atoms with Gasteiger partial charge in [0, 0.05) is 11.0 Å². The number of nitrogens with one attached hydrogen (secondary N) is 1. The average molecular weight is 241 g/mol. The molecule has 0 aliphatic rings. The average Bonchev–Trinajstić information content (AvgIpc) is 1.95. The Hall–Kier alpha value is -0.370. The fourth-order valence-corrected chi connectivity index (χ4v) is 2.67. The van der Waals surface area contributed by atoms with E-state index in [1.807, 2.05) is 27.7 Å². The largest absolute Gasteiger partial charge is 0.300 e. The summed E-state index contributed by atoms with van der Waals surface area (Å²) in [5.41, 5.74) is -0.795. The van der Waals surface area contributed by atoms with Crippen molar-refractivity contribution in [1.82, 2.24) is 5.32 Å². The maximum Gasteiger partial charge on any atom is 0.157 e.